The average molecular weight is 526 g/mol. The quantitative estimate of drug-likeness (QED) is 0.530. The number of anilines is 1. The third kappa shape index (κ3) is 7.10. The van der Waals surface area contributed by atoms with Crippen molar-refractivity contribution in [1.29, 1.82) is 0 Å². The molecule has 0 spiro atoms. The molecule has 0 aliphatic heterocycles. The van der Waals surface area contributed by atoms with Crippen LogP contribution in [0.2, 0.25) is 10.0 Å². The van der Waals surface area contributed by atoms with Crippen LogP contribution in [-0.2, 0) is 26.2 Å². The van der Waals surface area contributed by atoms with E-state index in [4.69, 9.17) is 23.2 Å². The second-order valence-electron chi connectivity index (χ2n) is 8.56. The molecule has 0 aromatic heterocycles. The van der Waals surface area contributed by atoms with E-state index in [9.17, 15) is 18.0 Å². The Hall–Kier alpha value is -2.29. The summed E-state index contributed by atoms with van der Waals surface area (Å²) in [6.45, 7) is 1.30. The van der Waals surface area contributed by atoms with Crippen LogP contribution in [0, 0.1) is 0 Å². The van der Waals surface area contributed by atoms with Gasteiger partial charge in [0.2, 0.25) is 21.8 Å². The number of nitrogens with one attached hydrogen (secondary N) is 1. The van der Waals surface area contributed by atoms with Crippen LogP contribution in [0.3, 0.4) is 0 Å². The van der Waals surface area contributed by atoms with Gasteiger partial charge in [0.1, 0.15) is 12.6 Å². The van der Waals surface area contributed by atoms with Gasteiger partial charge < -0.3 is 10.2 Å². The van der Waals surface area contributed by atoms with Gasteiger partial charge in [-0.1, -0.05) is 48.2 Å². The Bertz CT molecular complexity index is 1120. The number of amides is 2. The second-order valence-corrected chi connectivity index (χ2v) is 11.3. The highest BCUT2D eigenvalue weighted by molar-refractivity contribution is 7.92. The number of carbonyl (C=O) groups is 2. The molecule has 10 heteroatoms. The highest BCUT2D eigenvalue weighted by Gasteiger charge is 2.31. The Morgan fingerprint density at radius 1 is 1.06 bits per heavy atom. The van der Waals surface area contributed by atoms with Crippen LogP contribution in [0.1, 0.15) is 38.2 Å². The van der Waals surface area contributed by atoms with Crippen molar-refractivity contribution in [2.75, 3.05) is 17.1 Å². The molecule has 1 N–H and O–H groups in total. The predicted octanol–water partition coefficient (Wildman–Crippen LogP) is 4.24. The standard InChI is InChI=1S/C24H29Cl2N3O4S/c1-17(24(31)27-21-8-3-4-9-21)28(15-18-6-5-7-20(26)14-18)23(30)16-29(34(2,32)33)22-12-10-19(25)11-13-22/h5-7,10-14,17,21H,3-4,8-9,15-16H2,1-2H3,(H,27,31)/t17-/m1/s1. The van der Waals surface area contributed by atoms with Crippen LogP contribution in [-0.4, -0.2) is 50.0 Å². The van der Waals surface area contributed by atoms with Gasteiger partial charge in [0.15, 0.2) is 0 Å². The SMILES string of the molecule is C[C@H](C(=O)NC1CCCC1)N(Cc1cccc(Cl)c1)C(=O)CN(c1ccc(Cl)cc1)S(C)(=O)=O. The van der Waals surface area contributed by atoms with Crippen LogP contribution in [0.25, 0.3) is 0 Å². The Morgan fingerprint density at radius 2 is 1.71 bits per heavy atom. The third-order valence-electron chi connectivity index (χ3n) is 5.90. The Balaban J connectivity index is 1.87. The fraction of sp³-hybridized carbons (Fsp3) is 0.417. The highest BCUT2D eigenvalue weighted by Crippen LogP contribution is 2.22. The molecule has 7 nitrogen and oxygen atoms in total. The van der Waals surface area contributed by atoms with Crippen molar-refractivity contribution in [2.45, 2.75) is 51.2 Å². The highest BCUT2D eigenvalue weighted by atomic mass is 35.5. The summed E-state index contributed by atoms with van der Waals surface area (Å²) in [4.78, 5) is 27.9. The normalized spacial score (nSPS) is 15.1. The number of rotatable bonds is 9. The Labute approximate surface area is 211 Å². The fourth-order valence-corrected chi connectivity index (χ4v) is 5.22. The lowest BCUT2D eigenvalue weighted by molar-refractivity contribution is -0.139. The Kier molecular flexibility index (Phi) is 8.84. The first kappa shape index (κ1) is 26.3. The molecule has 2 aromatic carbocycles. The van der Waals surface area contributed by atoms with Crippen molar-refractivity contribution in [2.24, 2.45) is 0 Å². The van der Waals surface area contributed by atoms with Crippen molar-refractivity contribution in [1.82, 2.24) is 10.2 Å². The van der Waals surface area contributed by atoms with Crippen molar-refractivity contribution in [3.63, 3.8) is 0 Å². The molecule has 0 saturated heterocycles. The van der Waals surface area contributed by atoms with E-state index < -0.39 is 28.5 Å². The zero-order valence-electron chi connectivity index (χ0n) is 19.2. The molecular formula is C24H29Cl2N3O4S. The van der Waals surface area contributed by atoms with Crippen molar-refractivity contribution < 1.29 is 18.0 Å². The molecule has 0 unspecified atom stereocenters. The van der Waals surface area contributed by atoms with Gasteiger partial charge in [-0.2, -0.15) is 0 Å². The van der Waals surface area contributed by atoms with E-state index >= 15 is 0 Å². The van der Waals surface area contributed by atoms with Gasteiger partial charge in [0, 0.05) is 22.6 Å². The number of nitrogens with zero attached hydrogens (tertiary/aromatic N) is 2. The molecule has 1 saturated carbocycles. The molecule has 0 heterocycles. The fourth-order valence-electron chi connectivity index (χ4n) is 4.03. The van der Waals surface area contributed by atoms with Gasteiger partial charge in [0.25, 0.3) is 0 Å². The molecule has 0 bridgehead atoms. The summed E-state index contributed by atoms with van der Waals surface area (Å²) in [7, 11) is -3.78. The van der Waals surface area contributed by atoms with Crippen molar-refractivity contribution >= 4 is 50.7 Å². The number of carbonyl (C=O) groups excluding carboxylic acids is 2. The summed E-state index contributed by atoms with van der Waals surface area (Å²) in [5, 5.41) is 3.98. The van der Waals surface area contributed by atoms with Crippen LogP contribution in [0.5, 0.6) is 0 Å². The molecule has 184 valence electrons. The lowest BCUT2D eigenvalue weighted by Crippen LogP contribution is -2.52. The zero-order valence-corrected chi connectivity index (χ0v) is 21.5. The molecular weight excluding hydrogens is 497 g/mol. The van der Waals surface area contributed by atoms with Crippen molar-refractivity contribution in [3.05, 3.63) is 64.1 Å². The van der Waals surface area contributed by atoms with Gasteiger partial charge in [0.05, 0.1) is 11.9 Å². The van der Waals surface area contributed by atoms with Gasteiger partial charge in [-0.05, 0) is 61.7 Å². The first-order valence-corrected chi connectivity index (χ1v) is 13.7. The summed E-state index contributed by atoms with van der Waals surface area (Å²) in [5.41, 5.74) is 1.05. The average Bonchev–Trinajstić information content (AvgIpc) is 3.28. The number of sulfonamides is 1. The lowest BCUT2D eigenvalue weighted by atomic mass is 10.1. The predicted molar refractivity (Wildman–Crippen MR) is 136 cm³/mol. The maximum Gasteiger partial charge on any atom is 0.244 e. The number of halogens is 2. The van der Waals surface area contributed by atoms with E-state index in [1.165, 1.54) is 17.0 Å². The van der Waals surface area contributed by atoms with Gasteiger partial charge in [-0.15, -0.1) is 0 Å². The van der Waals surface area contributed by atoms with Crippen molar-refractivity contribution in [3.8, 4) is 0 Å². The summed E-state index contributed by atoms with van der Waals surface area (Å²) >= 11 is 12.1. The van der Waals surface area contributed by atoms with E-state index in [-0.39, 0.29) is 18.5 Å². The van der Waals surface area contributed by atoms with Crippen LogP contribution in [0.4, 0.5) is 5.69 Å². The third-order valence-corrected chi connectivity index (χ3v) is 7.53. The summed E-state index contributed by atoms with van der Waals surface area (Å²) < 4.78 is 26.1. The minimum Gasteiger partial charge on any atom is -0.352 e. The minimum absolute atomic E-state index is 0.0969. The molecule has 3 rings (SSSR count). The summed E-state index contributed by atoms with van der Waals surface area (Å²) in [5.74, 6) is -0.769. The topological polar surface area (TPSA) is 86.8 Å². The van der Waals surface area contributed by atoms with Crippen LogP contribution >= 0.6 is 23.2 Å². The maximum atomic E-state index is 13.5. The van der Waals surface area contributed by atoms with Gasteiger partial charge in [-0.3, -0.25) is 13.9 Å². The molecule has 0 radical (unpaired) electrons. The molecule has 2 amide bonds. The smallest absolute Gasteiger partial charge is 0.244 e. The molecule has 1 atom stereocenters. The minimum atomic E-state index is -3.78. The first-order valence-electron chi connectivity index (χ1n) is 11.1. The maximum absolute atomic E-state index is 13.5. The molecule has 1 aliphatic carbocycles. The number of benzene rings is 2. The molecule has 1 fully saturated rings. The summed E-state index contributed by atoms with van der Waals surface area (Å²) in [6.07, 6.45) is 4.99. The van der Waals surface area contributed by atoms with E-state index in [0.717, 1.165) is 41.8 Å². The molecule has 34 heavy (non-hydrogen) atoms. The van der Waals surface area contributed by atoms with Crippen LogP contribution in [0.15, 0.2) is 48.5 Å². The monoisotopic (exact) mass is 525 g/mol. The van der Waals surface area contributed by atoms with E-state index in [1.807, 2.05) is 0 Å². The van der Waals surface area contributed by atoms with E-state index in [1.54, 1.807) is 43.3 Å². The van der Waals surface area contributed by atoms with E-state index in [2.05, 4.69) is 5.32 Å². The lowest BCUT2D eigenvalue weighted by Gasteiger charge is -2.32. The van der Waals surface area contributed by atoms with E-state index in [0.29, 0.717) is 15.7 Å². The first-order chi connectivity index (χ1) is 16.0. The summed E-state index contributed by atoms with van der Waals surface area (Å²) in [6, 6.07) is 12.5. The van der Waals surface area contributed by atoms with Crippen LogP contribution < -0.4 is 9.62 Å². The Morgan fingerprint density at radius 3 is 2.29 bits per heavy atom. The molecule has 1 aliphatic rings. The largest absolute Gasteiger partial charge is 0.352 e. The van der Waals surface area contributed by atoms with Gasteiger partial charge in [-0.25, -0.2) is 8.42 Å². The number of hydrogen-bond donors (Lipinski definition) is 1. The number of hydrogen-bond acceptors (Lipinski definition) is 4. The molecule has 2 aromatic rings. The second kappa shape index (κ2) is 11.4. The van der Waals surface area contributed by atoms with Gasteiger partial charge >= 0.3 is 0 Å². The zero-order chi connectivity index (χ0) is 24.9.